The molecule has 0 aliphatic carbocycles. The number of furan rings is 2. The molecule has 9 heteroatoms. The lowest BCUT2D eigenvalue weighted by molar-refractivity contribution is -0.120. The first kappa shape index (κ1) is 15.2. The molecule has 1 atom stereocenters. The van der Waals surface area contributed by atoms with Gasteiger partial charge in [0.05, 0.1) is 24.3 Å². The maximum atomic E-state index is 12.1. The van der Waals surface area contributed by atoms with Gasteiger partial charge < -0.3 is 20.0 Å². The van der Waals surface area contributed by atoms with Crippen molar-refractivity contribution >= 4 is 17.7 Å². The molecule has 0 radical (unpaired) electrons. The number of thioether (sulfide) groups is 1. The lowest BCUT2D eigenvalue weighted by Gasteiger charge is -2.10. The van der Waals surface area contributed by atoms with Gasteiger partial charge in [0.25, 0.3) is 0 Å². The third-order valence-electron chi connectivity index (χ3n) is 3.07. The number of hydrogen-bond acceptors (Lipinski definition) is 7. The predicted molar refractivity (Wildman–Crippen MR) is 83.7 cm³/mol. The molecule has 3 N–H and O–H groups in total. The van der Waals surface area contributed by atoms with Crippen molar-refractivity contribution in [1.82, 2.24) is 20.2 Å². The fraction of sp³-hybridized carbons (Fsp3) is 0.214. The SMILES string of the molecule is C[C@@H](Sc1nnc(-c2ccco2)n1N)C(=O)NCc1ccco1. The second-order valence-corrected chi connectivity index (χ2v) is 6.02. The van der Waals surface area contributed by atoms with Gasteiger partial charge in [-0.25, -0.2) is 4.68 Å². The molecule has 3 aromatic heterocycles. The van der Waals surface area contributed by atoms with Gasteiger partial charge in [0.15, 0.2) is 5.76 Å². The van der Waals surface area contributed by atoms with E-state index in [9.17, 15) is 4.79 Å². The Morgan fingerprint density at radius 2 is 2.13 bits per heavy atom. The number of nitrogens with zero attached hydrogens (tertiary/aromatic N) is 3. The van der Waals surface area contributed by atoms with Gasteiger partial charge in [-0.3, -0.25) is 4.79 Å². The van der Waals surface area contributed by atoms with Crippen LogP contribution in [-0.2, 0) is 11.3 Å². The molecule has 0 aliphatic rings. The predicted octanol–water partition coefficient (Wildman–Crippen LogP) is 1.64. The van der Waals surface area contributed by atoms with Crippen LogP contribution < -0.4 is 11.2 Å². The summed E-state index contributed by atoms with van der Waals surface area (Å²) in [6.07, 6.45) is 3.09. The summed E-state index contributed by atoms with van der Waals surface area (Å²) in [6.45, 7) is 2.10. The molecule has 1 amide bonds. The van der Waals surface area contributed by atoms with Gasteiger partial charge >= 0.3 is 0 Å². The highest BCUT2D eigenvalue weighted by Gasteiger charge is 2.20. The fourth-order valence-electron chi connectivity index (χ4n) is 1.87. The first-order chi connectivity index (χ1) is 11.1. The summed E-state index contributed by atoms with van der Waals surface area (Å²) in [5, 5.41) is 10.8. The number of amides is 1. The summed E-state index contributed by atoms with van der Waals surface area (Å²) in [7, 11) is 0. The molecular formula is C14H15N5O3S. The number of nitrogens with two attached hydrogens (primary N) is 1. The van der Waals surface area contributed by atoms with Crippen LogP contribution in [0.3, 0.4) is 0 Å². The van der Waals surface area contributed by atoms with Crippen molar-refractivity contribution in [2.75, 3.05) is 5.84 Å². The molecule has 0 saturated heterocycles. The van der Waals surface area contributed by atoms with E-state index in [4.69, 9.17) is 14.7 Å². The standard InChI is InChI=1S/C14H15N5O3S/c1-9(13(20)16-8-10-4-2-6-21-10)23-14-18-17-12(19(14)15)11-5-3-7-22-11/h2-7,9H,8,15H2,1H3,(H,16,20)/t9-/m1/s1. The highest BCUT2D eigenvalue weighted by atomic mass is 32.2. The van der Waals surface area contributed by atoms with Gasteiger partial charge in [-0.05, 0) is 31.2 Å². The van der Waals surface area contributed by atoms with Crippen LogP contribution in [0.5, 0.6) is 0 Å². The van der Waals surface area contributed by atoms with Crippen LogP contribution in [0.15, 0.2) is 50.8 Å². The Morgan fingerprint density at radius 3 is 2.83 bits per heavy atom. The third-order valence-corrected chi connectivity index (χ3v) is 4.13. The van der Waals surface area contributed by atoms with E-state index in [1.54, 1.807) is 37.5 Å². The smallest absolute Gasteiger partial charge is 0.233 e. The Labute approximate surface area is 136 Å². The van der Waals surface area contributed by atoms with E-state index in [1.165, 1.54) is 22.7 Å². The number of carbonyl (C=O) groups excluding carboxylic acids is 1. The van der Waals surface area contributed by atoms with Crippen LogP contribution in [0.1, 0.15) is 12.7 Å². The van der Waals surface area contributed by atoms with Gasteiger partial charge in [0.2, 0.25) is 16.9 Å². The molecule has 120 valence electrons. The highest BCUT2D eigenvalue weighted by molar-refractivity contribution is 8.00. The normalized spacial score (nSPS) is 12.2. The molecule has 0 saturated carbocycles. The number of aromatic nitrogens is 3. The summed E-state index contributed by atoms with van der Waals surface area (Å²) in [5.41, 5.74) is 0. The van der Waals surface area contributed by atoms with Crippen molar-refractivity contribution in [2.45, 2.75) is 23.9 Å². The molecule has 8 nitrogen and oxygen atoms in total. The van der Waals surface area contributed by atoms with E-state index < -0.39 is 0 Å². The monoisotopic (exact) mass is 333 g/mol. The maximum absolute atomic E-state index is 12.1. The zero-order valence-corrected chi connectivity index (χ0v) is 13.1. The second-order valence-electron chi connectivity index (χ2n) is 4.71. The largest absolute Gasteiger partial charge is 0.467 e. The van der Waals surface area contributed by atoms with Gasteiger partial charge in [0.1, 0.15) is 5.76 Å². The van der Waals surface area contributed by atoms with Crippen LogP contribution in [0.4, 0.5) is 0 Å². The molecule has 3 heterocycles. The minimum atomic E-state index is -0.388. The second kappa shape index (κ2) is 6.61. The first-order valence-electron chi connectivity index (χ1n) is 6.86. The third kappa shape index (κ3) is 3.39. The minimum Gasteiger partial charge on any atom is -0.467 e. The van der Waals surface area contributed by atoms with Crippen LogP contribution >= 0.6 is 11.8 Å². The molecule has 3 aromatic rings. The van der Waals surface area contributed by atoms with Crippen LogP contribution in [0, 0.1) is 0 Å². The Hall–Kier alpha value is -2.68. The van der Waals surface area contributed by atoms with Crippen molar-refractivity contribution in [3.05, 3.63) is 42.6 Å². The van der Waals surface area contributed by atoms with Crippen molar-refractivity contribution in [3.63, 3.8) is 0 Å². The molecule has 0 fully saturated rings. The first-order valence-corrected chi connectivity index (χ1v) is 7.74. The van der Waals surface area contributed by atoms with E-state index in [-0.39, 0.29) is 11.2 Å². The molecule has 0 bridgehead atoms. The van der Waals surface area contributed by atoms with Crippen molar-refractivity contribution in [1.29, 1.82) is 0 Å². The minimum absolute atomic E-state index is 0.144. The van der Waals surface area contributed by atoms with Gasteiger partial charge in [-0.1, -0.05) is 11.8 Å². The molecule has 0 aliphatic heterocycles. The quantitative estimate of drug-likeness (QED) is 0.521. The molecular weight excluding hydrogens is 318 g/mol. The summed E-state index contributed by atoms with van der Waals surface area (Å²) in [5.74, 6) is 7.42. The Kier molecular flexibility index (Phi) is 4.38. The maximum Gasteiger partial charge on any atom is 0.233 e. The Balaban J connectivity index is 1.61. The molecule has 0 spiro atoms. The lowest BCUT2D eigenvalue weighted by Crippen LogP contribution is -2.30. The molecule has 0 aromatic carbocycles. The van der Waals surface area contributed by atoms with Crippen molar-refractivity contribution < 1.29 is 13.6 Å². The number of hydrogen-bond donors (Lipinski definition) is 2. The van der Waals surface area contributed by atoms with E-state index in [1.807, 2.05) is 0 Å². The zero-order chi connectivity index (χ0) is 16.2. The van der Waals surface area contributed by atoms with E-state index in [2.05, 4.69) is 15.5 Å². The average molecular weight is 333 g/mol. The van der Waals surface area contributed by atoms with Crippen molar-refractivity contribution in [3.8, 4) is 11.6 Å². The average Bonchev–Trinajstić information content (AvgIpc) is 3.27. The number of rotatable bonds is 6. The van der Waals surface area contributed by atoms with E-state index in [0.717, 1.165) is 0 Å². The molecule has 23 heavy (non-hydrogen) atoms. The summed E-state index contributed by atoms with van der Waals surface area (Å²) in [6, 6.07) is 7.04. The zero-order valence-electron chi connectivity index (χ0n) is 12.3. The molecule has 3 rings (SSSR count). The van der Waals surface area contributed by atoms with Crippen molar-refractivity contribution in [2.24, 2.45) is 0 Å². The topological polar surface area (TPSA) is 112 Å². The highest BCUT2D eigenvalue weighted by Crippen LogP contribution is 2.24. The lowest BCUT2D eigenvalue weighted by atomic mass is 10.4. The summed E-state index contributed by atoms with van der Waals surface area (Å²) < 4.78 is 11.7. The number of carbonyl (C=O) groups is 1. The van der Waals surface area contributed by atoms with Gasteiger partial charge in [-0.2, -0.15) is 0 Å². The van der Waals surface area contributed by atoms with E-state index in [0.29, 0.717) is 29.0 Å². The Bertz CT molecular complexity index is 767. The fourth-order valence-corrected chi connectivity index (χ4v) is 2.67. The van der Waals surface area contributed by atoms with Crippen LogP contribution in [-0.4, -0.2) is 26.0 Å². The number of nitrogens with one attached hydrogen (secondary N) is 1. The van der Waals surface area contributed by atoms with Crippen LogP contribution in [0.2, 0.25) is 0 Å². The van der Waals surface area contributed by atoms with Gasteiger partial charge in [0, 0.05) is 0 Å². The van der Waals surface area contributed by atoms with E-state index >= 15 is 0 Å². The number of nitrogen functional groups attached to an aromatic ring is 1. The summed E-state index contributed by atoms with van der Waals surface area (Å²) in [4.78, 5) is 12.1. The summed E-state index contributed by atoms with van der Waals surface area (Å²) >= 11 is 1.21. The molecule has 0 unspecified atom stereocenters. The Morgan fingerprint density at radius 1 is 1.35 bits per heavy atom. The van der Waals surface area contributed by atoms with Gasteiger partial charge in [-0.15, -0.1) is 10.2 Å². The van der Waals surface area contributed by atoms with Crippen LogP contribution in [0.25, 0.3) is 11.6 Å².